The van der Waals surface area contributed by atoms with Crippen LogP contribution in [0, 0.1) is 0 Å². The number of benzene rings is 2. The highest BCUT2D eigenvalue weighted by molar-refractivity contribution is 5.97. The fourth-order valence-corrected chi connectivity index (χ4v) is 3.93. The number of amides is 1. The summed E-state index contributed by atoms with van der Waals surface area (Å²) in [6.07, 6.45) is 4.28. The van der Waals surface area contributed by atoms with Crippen molar-refractivity contribution in [2.45, 2.75) is 31.1 Å². The number of nitrogens with one attached hydrogen (secondary N) is 1. The van der Waals surface area contributed by atoms with Gasteiger partial charge in [0.05, 0.1) is 19.8 Å². The lowest BCUT2D eigenvalue weighted by molar-refractivity contribution is 0.0600. The van der Waals surface area contributed by atoms with E-state index in [1.54, 1.807) is 31.4 Å². The van der Waals surface area contributed by atoms with Crippen molar-refractivity contribution in [3.05, 3.63) is 65.2 Å². The Morgan fingerprint density at radius 3 is 2.41 bits per heavy atom. The Morgan fingerprint density at radius 2 is 1.70 bits per heavy atom. The largest absolute Gasteiger partial charge is 0.496 e. The number of rotatable bonds is 6. The molecule has 1 aliphatic rings. The van der Waals surface area contributed by atoms with Crippen molar-refractivity contribution in [3.8, 4) is 5.75 Å². The predicted molar refractivity (Wildman–Crippen MR) is 103 cm³/mol. The molecule has 1 saturated carbocycles. The first kappa shape index (κ1) is 19.0. The van der Waals surface area contributed by atoms with E-state index in [9.17, 15) is 9.59 Å². The number of esters is 1. The molecule has 0 aliphatic heterocycles. The van der Waals surface area contributed by atoms with Gasteiger partial charge in [-0.15, -0.1) is 0 Å². The van der Waals surface area contributed by atoms with Gasteiger partial charge in [-0.3, -0.25) is 4.79 Å². The second-order valence-electron chi connectivity index (χ2n) is 6.94. The zero-order valence-corrected chi connectivity index (χ0v) is 15.8. The minimum Gasteiger partial charge on any atom is -0.496 e. The highest BCUT2D eigenvalue weighted by Gasteiger charge is 2.38. The summed E-state index contributed by atoms with van der Waals surface area (Å²) in [6, 6.07) is 14.6. The lowest BCUT2D eigenvalue weighted by atomic mass is 9.78. The van der Waals surface area contributed by atoms with Crippen molar-refractivity contribution in [1.29, 1.82) is 0 Å². The maximum atomic E-state index is 12.7. The summed E-state index contributed by atoms with van der Waals surface area (Å²) in [5.74, 6) is 0.217. The Kier molecular flexibility index (Phi) is 5.79. The van der Waals surface area contributed by atoms with Gasteiger partial charge in [0.1, 0.15) is 5.75 Å². The van der Waals surface area contributed by atoms with E-state index in [1.807, 2.05) is 18.2 Å². The quantitative estimate of drug-likeness (QED) is 0.790. The first-order valence-electron chi connectivity index (χ1n) is 9.20. The molecule has 0 spiro atoms. The molecular weight excluding hydrogens is 342 g/mol. The Balaban J connectivity index is 1.79. The van der Waals surface area contributed by atoms with Crippen LogP contribution < -0.4 is 10.1 Å². The molecule has 1 fully saturated rings. The van der Waals surface area contributed by atoms with E-state index in [-0.39, 0.29) is 11.3 Å². The predicted octanol–water partition coefficient (Wildman–Crippen LogP) is 3.72. The fourth-order valence-electron chi connectivity index (χ4n) is 3.93. The Morgan fingerprint density at radius 1 is 1.00 bits per heavy atom. The summed E-state index contributed by atoms with van der Waals surface area (Å²) in [7, 11) is 3.00. The van der Waals surface area contributed by atoms with Crippen LogP contribution in [-0.4, -0.2) is 32.6 Å². The molecule has 0 aromatic heterocycles. The van der Waals surface area contributed by atoms with Crippen LogP contribution in [0.1, 0.15) is 52.0 Å². The SMILES string of the molecule is COC(=O)c1cccc(C(=O)NCC2(c3ccccc3OC)CCCC2)c1. The molecule has 0 heterocycles. The van der Waals surface area contributed by atoms with Crippen molar-refractivity contribution in [3.63, 3.8) is 0 Å². The minimum atomic E-state index is -0.453. The number of methoxy groups -OCH3 is 2. The van der Waals surface area contributed by atoms with Crippen LogP contribution in [0.15, 0.2) is 48.5 Å². The van der Waals surface area contributed by atoms with Gasteiger partial charge in [0.15, 0.2) is 0 Å². The summed E-state index contributed by atoms with van der Waals surface area (Å²) in [5.41, 5.74) is 1.84. The number of hydrogen-bond donors (Lipinski definition) is 1. The fraction of sp³-hybridized carbons (Fsp3) is 0.364. The molecule has 0 radical (unpaired) electrons. The zero-order valence-electron chi connectivity index (χ0n) is 15.8. The van der Waals surface area contributed by atoms with Gasteiger partial charge in [0, 0.05) is 23.1 Å². The molecule has 0 saturated heterocycles. The molecule has 5 nitrogen and oxygen atoms in total. The molecule has 3 rings (SSSR count). The van der Waals surface area contributed by atoms with E-state index < -0.39 is 5.97 Å². The van der Waals surface area contributed by atoms with E-state index in [0.717, 1.165) is 37.0 Å². The maximum absolute atomic E-state index is 12.7. The smallest absolute Gasteiger partial charge is 0.337 e. The Hall–Kier alpha value is -2.82. The third kappa shape index (κ3) is 3.97. The van der Waals surface area contributed by atoms with E-state index in [2.05, 4.69) is 11.4 Å². The zero-order chi connectivity index (χ0) is 19.3. The van der Waals surface area contributed by atoms with E-state index in [1.165, 1.54) is 7.11 Å². The molecule has 0 bridgehead atoms. The molecule has 1 aliphatic carbocycles. The normalized spacial score (nSPS) is 15.2. The Bertz CT molecular complexity index is 825. The summed E-state index contributed by atoms with van der Waals surface area (Å²) in [6.45, 7) is 0.536. The van der Waals surface area contributed by atoms with Crippen LogP contribution in [0.4, 0.5) is 0 Å². The van der Waals surface area contributed by atoms with Crippen molar-refractivity contribution >= 4 is 11.9 Å². The second-order valence-corrected chi connectivity index (χ2v) is 6.94. The standard InChI is InChI=1S/C22H25NO4/c1-26-19-11-4-3-10-18(19)22(12-5-6-13-22)15-23-20(24)16-8-7-9-17(14-16)21(25)27-2/h3-4,7-11,14H,5-6,12-13,15H2,1-2H3,(H,23,24). The molecule has 2 aromatic carbocycles. The van der Waals surface area contributed by atoms with Crippen LogP contribution >= 0.6 is 0 Å². The van der Waals surface area contributed by atoms with E-state index >= 15 is 0 Å². The molecule has 142 valence electrons. The topological polar surface area (TPSA) is 64.6 Å². The van der Waals surface area contributed by atoms with Crippen molar-refractivity contribution < 1.29 is 19.1 Å². The van der Waals surface area contributed by atoms with Gasteiger partial charge >= 0.3 is 5.97 Å². The first-order valence-corrected chi connectivity index (χ1v) is 9.20. The monoisotopic (exact) mass is 367 g/mol. The van der Waals surface area contributed by atoms with Crippen molar-refractivity contribution in [2.24, 2.45) is 0 Å². The van der Waals surface area contributed by atoms with Gasteiger partial charge in [0.2, 0.25) is 0 Å². The molecule has 1 amide bonds. The Labute approximate surface area is 159 Å². The molecule has 0 atom stereocenters. The number of carbonyl (C=O) groups is 2. The summed E-state index contributed by atoms with van der Waals surface area (Å²) in [5, 5.41) is 3.07. The molecule has 1 N–H and O–H groups in total. The third-order valence-electron chi connectivity index (χ3n) is 5.37. The van der Waals surface area contributed by atoms with E-state index in [0.29, 0.717) is 17.7 Å². The molecule has 0 unspecified atom stereocenters. The van der Waals surface area contributed by atoms with E-state index in [4.69, 9.17) is 9.47 Å². The highest BCUT2D eigenvalue weighted by Crippen LogP contribution is 2.44. The molecule has 2 aromatic rings. The summed E-state index contributed by atoms with van der Waals surface area (Å²) >= 11 is 0. The number of para-hydroxylation sites is 1. The van der Waals surface area contributed by atoms with Gasteiger partial charge < -0.3 is 14.8 Å². The minimum absolute atomic E-state index is 0.123. The third-order valence-corrected chi connectivity index (χ3v) is 5.37. The average molecular weight is 367 g/mol. The average Bonchev–Trinajstić information content (AvgIpc) is 3.21. The van der Waals surface area contributed by atoms with Crippen LogP contribution in [0.3, 0.4) is 0 Å². The van der Waals surface area contributed by atoms with Crippen LogP contribution in [0.2, 0.25) is 0 Å². The van der Waals surface area contributed by atoms with Gasteiger partial charge in [0.25, 0.3) is 5.91 Å². The summed E-state index contributed by atoms with van der Waals surface area (Å²) < 4.78 is 10.3. The van der Waals surface area contributed by atoms with Gasteiger partial charge in [-0.1, -0.05) is 37.1 Å². The lowest BCUT2D eigenvalue weighted by Crippen LogP contribution is -2.39. The highest BCUT2D eigenvalue weighted by atomic mass is 16.5. The summed E-state index contributed by atoms with van der Waals surface area (Å²) in [4.78, 5) is 24.4. The van der Waals surface area contributed by atoms with Crippen molar-refractivity contribution in [1.82, 2.24) is 5.32 Å². The number of carbonyl (C=O) groups excluding carboxylic acids is 2. The maximum Gasteiger partial charge on any atom is 0.337 e. The van der Waals surface area contributed by atoms with Crippen LogP contribution in [-0.2, 0) is 10.2 Å². The van der Waals surface area contributed by atoms with Crippen molar-refractivity contribution in [2.75, 3.05) is 20.8 Å². The number of ether oxygens (including phenoxy) is 2. The molecule has 27 heavy (non-hydrogen) atoms. The van der Waals surface area contributed by atoms with Crippen LogP contribution in [0.25, 0.3) is 0 Å². The second kappa shape index (κ2) is 8.25. The molecule has 5 heteroatoms. The van der Waals surface area contributed by atoms with Crippen LogP contribution in [0.5, 0.6) is 5.75 Å². The lowest BCUT2D eigenvalue weighted by Gasteiger charge is -2.31. The van der Waals surface area contributed by atoms with Gasteiger partial charge in [-0.25, -0.2) is 4.79 Å². The van der Waals surface area contributed by atoms with Gasteiger partial charge in [-0.2, -0.15) is 0 Å². The number of hydrogen-bond acceptors (Lipinski definition) is 4. The molecular formula is C22H25NO4. The first-order chi connectivity index (χ1) is 13.1. The van der Waals surface area contributed by atoms with Gasteiger partial charge in [-0.05, 0) is 37.1 Å².